The second-order valence-electron chi connectivity index (χ2n) is 5.06. The van der Waals surface area contributed by atoms with Crippen molar-refractivity contribution in [2.75, 3.05) is 0 Å². The molecule has 3 nitrogen and oxygen atoms in total. The zero-order valence-electron chi connectivity index (χ0n) is 12.0. The summed E-state index contributed by atoms with van der Waals surface area (Å²) in [5.74, 6) is 0.640. The summed E-state index contributed by atoms with van der Waals surface area (Å²) in [6, 6.07) is 4.06. The molecule has 0 amide bonds. The first-order chi connectivity index (χ1) is 9.82. The molecule has 1 atom stereocenters. The van der Waals surface area contributed by atoms with Crippen molar-refractivity contribution in [1.29, 1.82) is 0 Å². The summed E-state index contributed by atoms with van der Waals surface area (Å²) < 4.78 is 41.4. The van der Waals surface area contributed by atoms with Gasteiger partial charge in [0.1, 0.15) is 5.82 Å². The zero-order chi connectivity index (χ0) is 15.6. The van der Waals surface area contributed by atoms with Gasteiger partial charge >= 0.3 is 6.18 Å². The van der Waals surface area contributed by atoms with E-state index >= 15 is 0 Å². The first-order valence-corrected chi connectivity index (χ1v) is 6.79. The summed E-state index contributed by atoms with van der Waals surface area (Å²) >= 11 is 0. The van der Waals surface area contributed by atoms with E-state index in [1.165, 1.54) is 6.07 Å². The molecule has 1 unspecified atom stereocenters. The van der Waals surface area contributed by atoms with E-state index in [1.807, 2.05) is 6.92 Å². The fourth-order valence-corrected chi connectivity index (χ4v) is 2.23. The molecule has 0 aliphatic carbocycles. The molecule has 1 aromatic carbocycles. The molecule has 0 fully saturated rings. The van der Waals surface area contributed by atoms with E-state index in [4.69, 9.17) is 5.73 Å². The molecule has 0 aliphatic rings. The van der Waals surface area contributed by atoms with Gasteiger partial charge in [0.2, 0.25) is 0 Å². The number of rotatable bonds is 4. The van der Waals surface area contributed by atoms with Gasteiger partial charge < -0.3 is 10.3 Å². The van der Waals surface area contributed by atoms with Crippen LogP contribution in [0.4, 0.5) is 13.2 Å². The number of nitrogens with zero attached hydrogens (tertiary/aromatic N) is 2. The molecule has 1 aromatic heterocycles. The Balaban J connectivity index is 2.48. The van der Waals surface area contributed by atoms with Crippen LogP contribution in [0.5, 0.6) is 0 Å². The number of alkyl halides is 3. The standard InChI is InChI=1S/C15H18F3N3/c1-3-12(19)8-11-4-5-13(9-14(11)15(16,17)18)21-7-6-20-10(21)2/h4-7,9,12H,3,8,19H2,1-2H3. The molecule has 21 heavy (non-hydrogen) atoms. The topological polar surface area (TPSA) is 43.8 Å². The van der Waals surface area contributed by atoms with Crippen molar-refractivity contribution < 1.29 is 13.2 Å². The molecule has 0 aliphatic heterocycles. The largest absolute Gasteiger partial charge is 0.416 e. The molecule has 114 valence electrons. The molecule has 6 heteroatoms. The highest BCUT2D eigenvalue weighted by molar-refractivity contribution is 5.43. The van der Waals surface area contributed by atoms with Crippen LogP contribution in [0.1, 0.15) is 30.3 Å². The summed E-state index contributed by atoms with van der Waals surface area (Å²) in [6.07, 6.45) is -0.340. The monoisotopic (exact) mass is 297 g/mol. The number of aryl methyl sites for hydroxylation is 1. The van der Waals surface area contributed by atoms with Crippen molar-refractivity contribution in [3.8, 4) is 5.69 Å². The minimum absolute atomic E-state index is 0.217. The second-order valence-corrected chi connectivity index (χ2v) is 5.06. The number of aromatic nitrogens is 2. The van der Waals surface area contributed by atoms with Crippen molar-refractivity contribution in [1.82, 2.24) is 9.55 Å². The SMILES string of the molecule is CCC(N)Cc1ccc(-n2ccnc2C)cc1C(F)(F)F. The third-order valence-electron chi connectivity index (χ3n) is 3.51. The molecular weight excluding hydrogens is 279 g/mol. The van der Waals surface area contributed by atoms with E-state index in [1.54, 1.807) is 30.0 Å². The number of nitrogens with two attached hydrogens (primary N) is 1. The summed E-state index contributed by atoms with van der Waals surface area (Å²) in [5, 5.41) is 0. The fraction of sp³-hybridized carbons (Fsp3) is 0.400. The van der Waals surface area contributed by atoms with Crippen LogP contribution < -0.4 is 5.73 Å². The third-order valence-corrected chi connectivity index (χ3v) is 3.51. The van der Waals surface area contributed by atoms with Crippen LogP contribution in [-0.2, 0) is 12.6 Å². The maximum absolute atomic E-state index is 13.3. The molecule has 0 spiro atoms. The van der Waals surface area contributed by atoms with Gasteiger partial charge in [-0.1, -0.05) is 13.0 Å². The van der Waals surface area contributed by atoms with Crippen LogP contribution in [0, 0.1) is 6.92 Å². The number of halogens is 3. The molecule has 0 saturated carbocycles. The molecular formula is C15H18F3N3. The van der Waals surface area contributed by atoms with Gasteiger partial charge in [-0.25, -0.2) is 4.98 Å². The van der Waals surface area contributed by atoms with E-state index in [9.17, 15) is 13.2 Å². The lowest BCUT2D eigenvalue weighted by Gasteiger charge is -2.17. The molecule has 0 saturated heterocycles. The highest BCUT2D eigenvalue weighted by Crippen LogP contribution is 2.34. The predicted octanol–water partition coefficient (Wildman–Crippen LogP) is 3.48. The lowest BCUT2D eigenvalue weighted by molar-refractivity contribution is -0.138. The predicted molar refractivity (Wildman–Crippen MR) is 75.3 cm³/mol. The van der Waals surface area contributed by atoms with Crippen LogP contribution in [0.25, 0.3) is 5.69 Å². The molecule has 2 rings (SSSR count). The Morgan fingerprint density at radius 2 is 2.05 bits per heavy atom. The average molecular weight is 297 g/mol. The first-order valence-electron chi connectivity index (χ1n) is 6.79. The normalized spacial score (nSPS) is 13.4. The minimum atomic E-state index is -4.40. The molecule has 2 N–H and O–H groups in total. The van der Waals surface area contributed by atoms with Crippen molar-refractivity contribution >= 4 is 0 Å². The number of hydrogen-bond donors (Lipinski definition) is 1. The Kier molecular flexibility index (Phi) is 4.37. The van der Waals surface area contributed by atoms with Crippen LogP contribution in [0.2, 0.25) is 0 Å². The van der Waals surface area contributed by atoms with Gasteiger partial charge in [-0.15, -0.1) is 0 Å². The van der Waals surface area contributed by atoms with Crippen molar-refractivity contribution in [3.63, 3.8) is 0 Å². The summed E-state index contributed by atoms with van der Waals surface area (Å²) in [6.45, 7) is 3.61. The lowest BCUT2D eigenvalue weighted by Crippen LogP contribution is -2.23. The van der Waals surface area contributed by atoms with Crippen LogP contribution in [0.15, 0.2) is 30.6 Å². The quantitative estimate of drug-likeness (QED) is 0.939. The maximum atomic E-state index is 13.3. The highest BCUT2D eigenvalue weighted by Gasteiger charge is 2.34. The van der Waals surface area contributed by atoms with Crippen molar-refractivity contribution in [2.45, 2.75) is 38.9 Å². The van der Waals surface area contributed by atoms with Crippen LogP contribution >= 0.6 is 0 Å². The average Bonchev–Trinajstić information content (AvgIpc) is 2.84. The van der Waals surface area contributed by atoms with E-state index in [0.717, 1.165) is 6.07 Å². The second kappa shape index (κ2) is 5.89. The fourth-order valence-electron chi connectivity index (χ4n) is 2.23. The van der Waals surface area contributed by atoms with Crippen LogP contribution in [-0.4, -0.2) is 15.6 Å². The van der Waals surface area contributed by atoms with Gasteiger partial charge in [-0.05, 0) is 37.5 Å². The van der Waals surface area contributed by atoms with E-state index in [-0.39, 0.29) is 18.0 Å². The Morgan fingerprint density at radius 1 is 1.33 bits per heavy atom. The summed E-state index contributed by atoms with van der Waals surface area (Å²) in [5.41, 5.74) is 5.85. The Labute approximate surface area is 121 Å². The zero-order valence-corrected chi connectivity index (χ0v) is 12.0. The number of hydrogen-bond acceptors (Lipinski definition) is 2. The minimum Gasteiger partial charge on any atom is -0.327 e. The highest BCUT2D eigenvalue weighted by atomic mass is 19.4. The molecule has 0 radical (unpaired) electrons. The maximum Gasteiger partial charge on any atom is 0.416 e. The first kappa shape index (κ1) is 15.6. The van der Waals surface area contributed by atoms with Crippen LogP contribution in [0.3, 0.4) is 0 Å². The van der Waals surface area contributed by atoms with Crippen molar-refractivity contribution in [2.24, 2.45) is 5.73 Å². The van der Waals surface area contributed by atoms with Crippen molar-refractivity contribution in [3.05, 3.63) is 47.5 Å². The lowest BCUT2D eigenvalue weighted by atomic mass is 9.98. The van der Waals surface area contributed by atoms with E-state index in [2.05, 4.69) is 4.98 Å². The van der Waals surface area contributed by atoms with E-state index < -0.39 is 11.7 Å². The van der Waals surface area contributed by atoms with Gasteiger partial charge in [-0.2, -0.15) is 13.2 Å². The van der Waals surface area contributed by atoms with Gasteiger partial charge in [0, 0.05) is 24.1 Å². The van der Waals surface area contributed by atoms with Gasteiger partial charge in [0.05, 0.1) is 5.56 Å². The molecule has 2 aromatic rings. The smallest absolute Gasteiger partial charge is 0.327 e. The summed E-state index contributed by atoms with van der Waals surface area (Å²) in [7, 11) is 0. The Bertz CT molecular complexity index is 617. The van der Waals surface area contributed by atoms with E-state index in [0.29, 0.717) is 17.9 Å². The van der Waals surface area contributed by atoms with Gasteiger partial charge in [-0.3, -0.25) is 0 Å². The third kappa shape index (κ3) is 3.44. The van der Waals surface area contributed by atoms with Gasteiger partial charge in [0.25, 0.3) is 0 Å². The Hall–Kier alpha value is -1.82. The Morgan fingerprint density at radius 3 is 2.57 bits per heavy atom. The molecule has 1 heterocycles. The number of imidazole rings is 1. The summed E-state index contributed by atoms with van der Waals surface area (Å²) in [4.78, 5) is 4.03. The molecule has 0 bridgehead atoms. The van der Waals surface area contributed by atoms with Gasteiger partial charge in [0.15, 0.2) is 0 Å². The number of benzene rings is 1.